The minimum Gasteiger partial charge on any atom is -0.491 e. The molecule has 0 heterocycles. The molecule has 0 atom stereocenters. The Bertz CT molecular complexity index is 419. The van der Waals surface area contributed by atoms with Gasteiger partial charge >= 0.3 is 6.03 Å². The van der Waals surface area contributed by atoms with E-state index in [1.807, 2.05) is 32.0 Å². The number of carbonyl (C=O) groups is 1. The van der Waals surface area contributed by atoms with Crippen molar-refractivity contribution in [2.75, 3.05) is 27.2 Å². The number of amides is 2. The number of rotatable bonds is 7. The lowest BCUT2D eigenvalue weighted by atomic mass is 10.2. The van der Waals surface area contributed by atoms with Crippen LogP contribution in [0.1, 0.15) is 19.4 Å². The van der Waals surface area contributed by atoms with Gasteiger partial charge in [-0.05, 0) is 31.5 Å². The molecule has 0 aliphatic heterocycles. The summed E-state index contributed by atoms with van der Waals surface area (Å²) >= 11 is 0. The highest BCUT2D eigenvalue weighted by Gasteiger charge is 2.01. The van der Waals surface area contributed by atoms with E-state index in [1.54, 1.807) is 14.1 Å². The highest BCUT2D eigenvalue weighted by Crippen LogP contribution is 2.14. The molecule has 20 heavy (non-hydrogen) atoms. The van der Waals surface area contributed by atoms with Crippen molar-refractivity contribution in [3.05, 3.63) is 29.8 Å². The number of benzene rings is 1. The molecule has 1 rings (SSSR count). The van der Waals surface area contributed by atoms with Gasteiger partial charge < -0.3 is 20.3 Å². The van der Waals surface area contributed by atoms with Crippen molar-refractivity contribution in [1.29, 1.82) is 0 Å². The fourth-order valence-electron chi connectivity index (χ4n) is 1.65. The molecule has 0 saturated carbocycles. The standard InChI is InChI=1S/C15H25N3O2/c1-12(2)20-14-7-5-6-13(10-14)11-16-8-9-17-15(19)18(3)4/h5-7,10,12,16H,8-9,11H2,1-4H3,(H,17,19). The molecule has 0 fully saturated rings. The van der Waals surface area contributed by atoms with E-state index in [1.165, 1.54) is 10.5 Å². The van der Waals surface area contributed by atoms with Crippen LogP contribution in [0.3, 0.4) is 0 Å². The van der Waals surface area contributed by atoms with Crippen molar-refractivity contribution in [3.8, 4) is 5.75 Å². The largest absolute Gasteiger partial charge is 0.491 e. The lowest BCUT2D eigenvalue weighted by Crippen LogP contribution is -2.38. The minimum absolute atomic E-state index is 0.0702. The smallest absolute Gasteiger partial charge is 0.316 e. The van der Waals surface area contributed by atoms with Crippen molar-refractivity contribution in [3.63, 3.8) is 0 Å². The van der Waals surface area contributed by atoms with Crippen LogP contribution in [0.15, 0.2) is 24.3 Å². The zero-order chi connectivity index (χ0) is 15.0. The van der Waals surface area contributed by atoms with E-state index in [0.717, 1.165) is 18.8 Å². The summed E-state index contributed by atoms with van der Waals surface area (Å²) in [5, 5.41) is 6.09. The fraction of sp³-hybridized carbons (Fsp3) is 0.533. The van der Waals surface area contributed by atoms with Crippen LogP contribution < -0.4 is 15.4 Å². The predicted molar refractivity (Wildman–Crippen MR) is 81.0 cm³/mol. The second kappa shape index (κ2) is 8.43. The second-order valence-corrected chi connectivity index (χ2v) is 5.12. The van der Waals surface area contributed by atoms with Crippen LogP contribution in [0.25, 0.3) is 0 Å². The molecule has 2 amide bonds. The molecule has 0 aliphatic carbocycles. The van der Waals surface area contributed by atoms with Crippen LogP contribution in [0.5, 0.6) is 5.75 Å². The molecule has 1 aromatic rings. The normalized spacial score (nSPS) is 10.4. The van der Waals surface area contributed by atoms with Gasteiger partial charge in [-0.15, -0.1) is 0 Å². The monoisotopic (exact) mass is 279 g/mol. The van der Waals surface area contributed by atoms with E-state index in [0.29, 0.717) is 6.54 Å². The third-order valence-electron chi connectivity index (χ3n) is 2.58. The number of hydrogen-bond donors (Lipinski definition) is 2. The Hall–Kier alpha value is -1.75. The van der Waals surface area contributed by atoms with Crippen LogP contribution in [-0.4, -0.2) is 44.2 Å². The minimum atomic E-state index is -0.0702. The summed E-state index contributed by atoms with van der Waals surface area (Å²) < 4.78 is 5.65. The van der Waals surface area contributed by atoms with E-state index in [9.17, 15) is 4.79 Å². The van der Waals surface area contributed by atoms with E-state index in [4.69, 9.17) is 4.74 Å². The lowest BCUT2D eigenvalue weighted by molar-refractivity contribution is 0.217. The highest BCUT2D eigenvalue weighted by molar-refractivity contribution is 5.73. The van der Waals surface area contributed by atoms with Gasteiger partial charge in [0.1, 0.15) is 5.75 Å². The van der Waals surface area contributed by atoms with Gasteiger partial charge in [0.15, 0.2) is 0 Å². The molecule has 1 aromatic carbocycles. The van der Waals surface area contributed by atoms with Crippen molar-refractivity contribution in [2.45, 2.75) is 26.5 Å². The zero-order valence-corrected chi connectivity index (χ0v) is 12.8. The maximum absolute atomic E-state index is 11.3. The highest BCUT2D eigenvalue weighted by atomic mass is 16.5. The Kier molecular flexibility index (Phi) is 6.87. The second-order valence-electron chi connectivity index (χ2n) is 5.12. The Morgan fingerprint density at radius 1 is 1.30 bits per heavy atom. The number of ether oxygens (including phenoxy) is 1. The van der Waals surface area contributed by atoms with Gasteiger partial charge in [-0.1, -0.05) is 12.1 Å². The maximum atomic E-state index is 11.3. The first-order chi connectivity index (χ1) is 9.49. The average Bonchev–Trinajstić information content (AvgIpc) is 2.37. The molecule has 0 bridgehead atoms. The SMILES string of the molecule is CC(C)Oc1cccc(CNCCNC(=O)N(C)C)c1. The molecule has 112 valence electrons. The Morgan fingerprint density at radius 3 is 2.70 bits per heavy atom. The Morgan fingerprint density at radius 2 is 2.05 bits per heavy atom. The molecule has 0 saturated heterocycles. The van der Waals surface area contributed by atoms with Crippen molar-refractivity contribution in [2.24, 2.45) is 0 Å². The molecule has 0 aromatic heterocycles. The molecule has 0 unspecified atom stereocenters. The van der Waals surface area contributed by atoms with Crippen LogP contribution >= 0.6 is 0 Å². The first kappa shape index (κ1) is 16.3. The summed E-state index contributed by atoms with van der Waals surface area (Å²) in [6, 6.07) is 7.96. The maximum Gasteiger partial charge on any atom is 0.316 e. The van der Waals surface area contributed by atoms with Gasteiger partial charge in [0, 0.05) is 33.7 Å². The van der Waals surface area contributed by atoms with E-state index < -0.39 is 0 Å². The molecule has 0 spiro atoms. The van der Waals surface area contributed by atoms with Gasteiger partial charge in [-0.25, -0.2) is 4.79 Å². The zero-order valence-electron chi connectivity index (χ0n) is 12.8. The van der Waals surface area contributed by atoms with Gasteiger partial charge in [-0.3, -0.25) is 0 Å². The van der Waals surface area contributed by atoms with E-state index >= 15 is 0 Å². The van der Waals surface area contributed by atoms with Crippen molar-refractivity contribution in [1.82, 2.24) is 15.5 Å². The van der Waals surface area contributed by atoms with E-state index in [-0.39, 0.29) is 12.1 Å². The topological polar surface area (TPSA) is 53.6 Å². The summed E-state index contributed by atoms with van der Waals surface area (Å²) in [7, 11) is 3.45. The first-order valence-electron chi connectivity index (χ1n) is 6.90. The quantitative estimate of drug-likeness (QED) is 0.749. The van der Waals surface area contributed by atoms with Crippen molar-refractivity contribution < 1.29 is 9.53 Å². The Balaban J connectivity index is 2.26. The summed E-state index contributed by atoms with van der Waals surface area (Å²) in [6.45, 7) is 6.12. The first-order valence-corrected chi connectivity index (χ1v) is 6.90. The summed E-state index contributed by atoms with van der Waals surface area (Å²) in [5.74, 6) is 0.889. The summed E-state index contributed by atoms with van der Waals surface area (Å²) in [4.78, 5) is 12.8. The van der Waals surface area contributed by atoms with Gasteiger partial charge in [-0.2, -0.15) is 0 Å². The number of hydrogen-bond acceptors (Lipinski definition) is 3. The molecule has 2 N–H and O–H groups in total. The molecule has 5 heteroatoms. The van der Waals surface area contributed by atoms with Crippen LogP contribution in [0.4, 0.5) is 4.79 Å². The summed E-state index contributed by atoms with van der Waals surface area (Å²) in [6.07, 6.45) is 0.180. The lowest BCUT2D eigenvalue weighted by Gasteiger charge is -2.13. The van der Waals surface area contributed by atoms with Gasteiger partial charge in [0.25, 0.3) is 0 Å². The van der Waals surface area contributed by atoms with Crippen LogP contribution in [0, 0.1) is 0 Å². The fourth-order valence-corrected chi connectivity index (χ4v) is 1.65. The predicted octanol–water partition coefficient (Wildman–Crippen LogP) is 1.83. The Labute approximate surface area is 121 Å². The molecule has 5 nitrogen and oxygen atoms in total. The van der Waals surface area contributed by atoms with Crippen LogP contribution in [-0.2, 0) is 6.54 Å². The third-order valence-corrected chi connectivity index (χ3v) is 2.58. The number of nitrogens with one attached hydrogen (secondary N) is 2. The molecule has 0 radical (unpaired) electrons. The molecule has 0 aliphatic rings. The summed E-state index contributed by atoms with van der Waals surface area (Å²) in [5.41, 5.74) is 1.17. The van der Waals surface area contributed by atoms with Gasteiger partial charge in [0.05, 0.1) is 6.10 Å². The average molecular weight is 279 g/mol. The van der Waals surface area contributed by atoms with Gasteiger partial charge in [0.2, 0.25) is 0 Å². The number of carbonyl (C=O) groups excluding carboxylic acids is 1. The number of nitrogens with zero attached hydrogens (tertiary/aromatic N) is 1. The number of urea groups is 1. The van der Waals surface area contributed by atoms with Crippen LogP contribution in [0.2, 0.25) is 0 Å². The third kappa shape index (κ3) is 6.43. The molecular formula is C15H25N3O2. The van der Waals surface area contributed by atoms with E-state index in [2.05, 4.69) is 16.7 Å². The molecular weight excluding hydrogens is 254 g/mol. The van der Waals surface area contributed by atoms with Crippen molar-refractivity contribution >= 4 is 6.03 Å².